The van der Waals surface area contributed by atoms with Crippen LogP contribution < -0.4 is 15.4 Å². The minimum absolute atomic E-state index is 0.00321. The third-order valence-electron chi connectivity index (χ3n) is 6.53. The monoisotopic (exact) mass is 491 g/mol. The summed E-state index contributed by atoms with van der Waals surface area (Å²) < 4.78 is 10.8. The lowest BCUT2D eigenvalue weighted by Gasteiger charge is -2.34. The Hall–Kier alpha value is -2.65. The minimum atomic E-state index is -0.781. The largest absolute Gasteiger partial charge is 0.497 e. The molecule has 9 heteroatoms. The number of hydrogen-bond donors (Lipinski definition) is 3. The summed E-state index contributed by atoms with van der Waals surface area (Å²) in [6, 6.07) is 6.17. The van der Waals surface area contributed by atoms with Gasteiger partial charge in [0.2, 0.25) is 18.2 Å². The van der Waals surface area contributed by atoms with Crippen molar-refractivity contribution in [3.8, 4) is 5.75 Å². The van der Waals surface area contributed by atoms with Gasteiger partial charge in [0.25, 0.3) is 0 Å². The fourth-order valence-corrected chi connectivity index (χ4v) is 4.24. The molecule has 4 atom stereocenters. The Morgan fingerprint density at radius 2 is 1.94 bits per heavy atom. The summed E-state index contributed by atoms with van der Waals surface area (Å²) >= 11 is 0. The lowest BCUT2D eigenvalue weighted by Crippen LogP contribution is -2.57. The highest BCUT2D eigenvalue weighted by molar-refractivity contribution is 5.89. The van der Waals surface area contributed by atoms with Gasteiger partial charge in [0.1, 0.15) is 11.8 Å². The van der Waals surface area contributed by atoms with Gasteiger partial charge in [-0.15, -0.1) is 0 Å². The van der Waals surface area contributed by atoms with E-state index in [9.17, 15) is 19.6 Å². The van der Waals surface area contributed by atoms with Gasteiger partial charge in [0, 0.05) is 13.2 Å². The molecule has 0 saturated carbocycles. The second kappa shape index (κ2) is 13.4. The maximum absolute atomic E-state index is 13.4. The van der Waals surface area contributed by atoms with Gasteiger partial charge in [-0.3, -0.25) is 19.6 Å². The lowest BCUT2D eigenvalue weighted by molar-refractivity contribution is -0.166. The molecule has 4 unspecified atom stereocenters. The van der Waals surface area contributed by atoms with Crippen molar-refractivity contribution in [2.75, 3.05) is 20.3 Å². The fraction of sp³-hybridized carbons (Fsp3) is 0.654. The number of methoxy groups -OCH3 is 1. The number of nitrogens with zero attached hydrogens (tertiary/aromatic N) is 1. The van der Waals surface area contributed by atoms with E-state index >= 15 is 0 Å². The number of hydroxylamine groups is 2. The van der Waals surface area contributed by atoms with Crippen LogP contribution in [0.25, 0.3) is 0 Å². The Morgan fingerprint density at radius 1 is 1.26 bits per heavy atom. The average molecular weight is 492 g/mol. The number of carbonyl (C=O) groups is 3. The molecule has 1 aliphatic rings. The summed E-state index contributed by atoms with van der Waals surface area (Å²) in [7, 11) is 1.61. The zero-order valence-electron chi connectivity index (χ0n) is 21.6. The van der Waals surface area contributed by atoms with E-state index in [0.717, 1.165) is 30.6 Å². The number of ether oxygens (including phenoxy) is 2. The van der Waals surface area contributed by atoms with Crippen molar-refractivity contribution in [2.24, 2.45) is 11.3 Å². The molecule has 1 aromatic carbocycles. The van der Waals surface area contributed by atoms with Crippen LogP contribution in [0.1, 0.15) is 58.9 Å². The minimum Gasteiger partial charge on any atom is -0.497 e. The Labute approximate surface area is 208 Å². The number of rotatable bonds is 13. The van der Waals surface area contributed by atoms with E-state index in [1.165, 1.54) is 0 Å². The smallest absolute Gasteiger partial charge is 0.243 e. The van der Waals surface area contributed by atoms with Crippen LogP contribution in [0, 0.1) is 11.3 Å². The first-order valence-electron chi connectivity index (χ1n) is 12.3. The Kier molecular flexibility index (Phi) is 11.0. The number of benzene rings is 1. The molecule has 0 bridgehead atoms. The van der Waals surface area contributed by atoms with Crippen molar-refractivity contribution in [2.45, 2.75) is 78.0 Å². The Balaban J connectivity index is 2.06. The van der Waals surface area contributed by atoms with Crippen molar-refractivity contribution in [1.29, 1.82) is 0 Å². The van der Waals surface area contributed by atoms with Gasteiger partial charge < -0.3 is 20.1 Å². The molecular formula is C26H41N3O6. The van der Waals surface area contributed by atoms with E-state index in [4.69, 9.17) is 9.47 Å². The van der Waals surface area contributed by atoms with Crippen molar-refractivity contribution in [3.05, 3.63) is 29.8 Å². The van der Waals surface area contributed by atoms with E-state index in [1.54, 1.807) is 14.0 Å². The maximum Gasteiger partial charge on any atom is 0.243 e. The average Bonchev–Trinajstić information content (AvgIpc) is 3.36. The van der Waals surface area contributed by atoms with Crippen molar-refractivity contribution in [1.82, 2.24) is 15.7 Å². The molecule has 196 valence electrons. The molecule has 3 amide bonds. The van der Waals surface area contributed by atoms with Crippen LogP contribution in [0.5, 0.6) is 5.75 Å². The highest BCUT2D eigenvalue weighted by Crippen LogP contribution is 2.23. The molecule has 0 aliphatic carbocycles. The van der Waals surface area contributed by atoms with Crippen LogP contribution >= 0.6 is 0 Å². The quantitative estimate of drug-likeness (QED) is 0.222. The number of nitrogens with one attached hydrogen (secondary N) is 2. The SMILES string of the molecule is COc1ccc(CCCC(C(=O)NC(C(=O)NCC2CCCO2)C(C)(C)C)C(C)N(O)C=O)cc1. The number of amides is 3. The lowest BCUT2D eigenvalue weighted by atomic mass is 9.84. The van der Waals surface area contributed by atoms with E-state index < -0.39 is 23.4 Å². The van der Waals surface area contributed by atoms with Gasteiger partial charge in [0.15, 0.2) is 0 Å². The molecule has 0 spiro atoms. The van der Waals surface area contributed by atoms with Gasteiger partial charge in [-0.2, -0.15) is 0 Å². The van der Waals surface area contributed by atoms with Gasteiger partial charge in [-0.1, -0.05) is 32.9 Å². The molecule has 1 saturated heterocycles. The number of hydrogen-bond acceptors (Lipinski definition) is 6. The summed E-state index contributed by atoms with van der Waals surface area (Å²) in [5.41, 5.74) is 0.548. The maximum atomic E-state index is 13.4. The van der Waals surface area contributed by atoms with E-state index in [1.807, 2.05) is 45.0 Å². The van der Waals surface area contributed by atoms with Crippen LogP contribution in [-0.2, 0) is 25.5 Å². The highest BCUT2D eigenvalue weighted by atomic mass is 16.5. The van der Waals surface area contributed by atoms with Crippen molar-refractivity contribution >= 4 is 18.2 Å². The summed E-state index contributed by atoms with van der Waals surface area (Å²) in [6.07, 6.45) is 3.98. The second-order valence-corrected chi connectivity index (χ2v) is 10.3. The van der Waals surface area contributed by atoms with Crippen molar-refractivity contribution < 1.29 is 29.1 Å². The molecule has 0 aromatic heterocycles. The predicted octanol–water partition coefficient (Wildman–Crippen LogP) is 2.70. The molecule has 1 fully saturated rings. The van der Waals surface area contributed by atoms with Gasteiger partial charge >= 0.3 is 0 Å². The summed E-state index contributed by atoms with van der Waals surface area (Å²) in [4.78, 5) is 37.6. The first kappa shape index (κ1) is 28.6. The third-order valence-corrected chi connectivity index (χ3v) is 6.53. The zero-order valence-corrected chi connectivity index (χ0v) is 21.6. The molecule has 0 radical (unpaired) electrons. The van der Waals surface area contributed by atoms with E-state index in [-0.39, 0.29) is 17.9 Å². The van der Waals surface area contributed by atoms with E-state index in [0.29, 0.717) is 37.5 Å². The third kappa shape index (κ3) is 8.81. The Bertz CT molecular complexity index is 817. The van der Waals surface area contributed by atoms with Gasteiger partial charge in [-0.25, -0.2) is 5.06 Å². The normalized spacial score (nSPS) is 18.3. The van der Waals surface area contributed by atoms with Crippen LogP contribution in [0.3, 0.4) is 0 Å². The van der Waals surface area contributed by atoms with Crippen molar-refractivity contribution in [3.63, 3.8) is 0 Å². The zero-order chi connectivity index (χ0) is 26.0. The van der Waals surface area contributed by atoms with Crippen LogP contribution in [0.2, 0.25) is 0 Å². The highest BCUT2D eigenvalue weighted by Gasteiger charge is 2.37. The second-order valence-electron chi connectivity index (χ2n) is 10.3. The topological polar surface area (TPSA) is 117 Å². The van der Waals surface area contributed by atoms with Crippen LogP contribution in [0.4, 0.5) is 0 Å². The first-order chi connectivity index (χ1) is 16.6. The predicted molar refractivity (Wildman–Crippen MR) is 132 cm³/mol. The first-order valence-corrected chi connectivity index (χ1v) is 12.3. The van der Waals surface area contributed by atoms with Gasteiger partial charge in [-0.05, 0) is 62.1 Å². The molecule has 2 rings (SSSR count). The standard InChI is InChI=1S/C26H41N3O6/c1-18(29(33)17-30)22(10-6-8-19-11-13-20(34-5)14-12-19)24(31)28-23(26(2,3)4)25(32)27-16-21-9-7-15-35-21/h11-14,17-18,21-23,33H,6-10,15-16H2,1-5H3,(H,27,32)(H,28,31). The van der Waals surface area contributed by atoms with Gasteiger partial charge in [0.05, 0.1) is 25.2 Å². The van der Waals surface area contributed by atoms with Crippen LogP contribution in [-0.4, -0.2) is 66.9 Å². The molecule has 1 aliphatic heterocycles. The molecule has 3 N–H and O–H groups in total. The van der Waals surface area contributed by atoms with Crippen LogP contribution in [0.15, 0.2) is 24.3 Å². The molecule has 35 heavy (non-hydrogen) atoms. The van der Waals surface area contributed by atoms with E-state index in [2.05, 4.69) is 10.6 Å². The Morgan fingerprint density at radius 3 is 2.49 bits per heavy atom. The molecule has 1 aromatic rings. The molecule has 1 heterocycles. The molecular weight excluding hydrogens is 450 g/mol. The summed E-state index contributed by atoms with van der Waals surface area (Å²) in [5.74, 6) is -0.575. The summed E-state index contributed by atoms with van der Waals surface area (Å²) in [6.45, 7) is 8.37. The fourth-order valence-electron chi connectivity index (χ4n) is 4.24. The number of aryl methyl sites for hydroxylation is 1. The molecule has 9 nitrogen and oxygen atoms in total. The summed E-state index contributed by atoms with van der Waals surface area (Å²) in [5, 5.41) is 16.3. The number of carbonyl (C=O) groups excluding carboxylic acids is 3.